The summed E-state index contributed by atoms with van der Waals surface area (Å²) in [5.41, 5.74) is 14.3. The summed E-state index contributed by atoms with van der Waals surface area (Å²) in [5.74, 6) is 0.750. The highest BCUT2D eigenvalue weighted by Crippen LogP contribution is 2.42. The fourth-order valence-corrected chi connectivity index (χ4v) is 10.8. The molecular weight excluding hydrogens is 799 g/mol. The van der Waals surface area contributed by atoms with Crippen LogP contribution >= 0.6 is 0 Å². The Morgan fingerprint density at radius 1 is 0.348 bits per heavy atom. The second kappa shape index (κ2) is 15.4. The van der Waals surface area contributed by atoms with Crippen LogP contribution in [0.2, 0.25) is 0 Å². The molecule has 1 aliphatic carbocycles. The number of benzene rings is 10. The van der Waals surface area contributed by atoms with E-state index in [-0.39, 0.29) is 0 Å². The van der Waals surface area contributed by atoms with Gasteiger partial charge in [-0.15, -0.1) is 0 Å². The van der Waals surface area contributed by atoms with Crippen LogP contribution in [0.15, 0.2) is 243 Å². The molecule has 0 fully saturated rings. The molecular formula is C63H45N3. The Kier molecular flexibility index (Phi) is 8.89. The van der Waals surface area contributed by atoms with Gasteiger partial charge in [-0.05, 0) is 147 Å². The Morgan fingerprint density at radius 2 is 0.879 bits per heavy atom. The topological polar surface area (TPSA) is 13.1 Å². The standard InChI is InChI=1S/C63H45N3/c1-42-15-11-12-22-53(42)47-29-36-63-59(41-47)58-40-44(43-27-34-61-57(39-43)56-23-13-14-24-60(56)65(61)50-20-9-4-10-21-50)28-35-62(58)66(63)52-31-33-55-46(38-52)26-25-45-37-51(30-32-54(45)55)64(48-16-5-2-6-17-48)49-18-7-3-8-19-49/h2-42,53H,1H3. The minimum absolute atomic E-state index is 0.326. The van der Waals surface area contributed by atoms with Gasteiger partial charge in [0.05, 0.1) is 22.1 Å². The lowest BCUT2D eigenvalue weighted by Crippen LogP contribution is -2.09. The molecule has 0 spiro atoms. The van der Waals surface area contributed by atoms with Crippen LogP contribution in [0, 0.1) is 5.92 Å². The van der Waals surface area contributed by atoms with Gasteiger partial charge in [0.1, 0.15) is 0 Å². The highest BCUT2D eigenvalue weighted by molar-refractivity contribution is 6.14. The molecule has 2 atom stereocenters. The molecule has 2 unspecified atom stereocenters. The molecule has 0 bridgehead atoms. The van der Waals surface area contributed by atoms with Gasteiger partial charge >= 0.3 is 0 Å². The van der Waals surface area contributed by atoms with Crippen LogP contribution in [0.4, 0.5) is 17.1 Å². The average Bonchev–Trinajstić information content (AvgIpc) is 3.89. The van der Waals surface area contributed by atoms with E-state index in [0.29, 0.717) is 11.8 Å². The number of para-hydroxylation sites is 4. The molecule has 13 rings (SSSR count). The summed E-state index contributed by atoms with van der Waals surface area (Å²) in [6.07, 6.45) is 9.06. The molecule has 0 saturated carbocycles. The zero-order valence-electron chi connectivity index (χ0n) is 36.6. The van der Waals surface area contributed by atoms with E-state index in [4.69, 9.17) is 0 Å². The molecule has 0 N–H and O–H groups in total. The first kappa shape index (κ1) is 38.1. The molecule has 0 amide bonds. The number of nitrogens with zero attached hydrogens (tertiary/aromatic N) is 3. The second-order valence-electron chi connectivity index (χ2n) is 17.8. The molecule has 3 nitrogen and oxygen atoms in total. The van der Waals surface area contributed by atoms with Crippen molar-refractivity contribution in [3.8, 4) is 22.5 Å². The summed E-state index contributed by atoms with van der Waals surface area (Å²) in [7, 11) is 0. The molecule has 3 heteroatoms. The van der Waals surface area contributed by atoms with Gasteiger partial charge in [-0.1, -0.05) is 146 Å². The van der Waals surface area contributed by atoms with Gasteiger partial charge in [0, 0.05) is 55.9 Å². The van der Waals surface area contributed by atoms with Crippen LogP contribution in [0.3, 0.4) is 0 Å². The maximum atomic E-state index is 2.47. The van der Waals surface area contributed by atoms with E-state index in [9.17, 15) is 0 Å². The number of hydrogen-bond donors (Lipinski definition) is 0. The van der Waals surface area contributed by atoms with E-state index >= 15 is 0 Å². The Labute approximate surface area is 384 Å². The Bertz CT molecular complexity index is 3850. The van der Waals surface area contributed by atoms with Gasteiger partial charge < -0.3 is 14.0 Å². The zero-order valence-corrected chi connectivity index (χ0v) is 36.6. The molecule has 0 saturated heterocycles. The van der Waals surface area contributed by atoms with Crippen LogP contribution in [-0.2, 0) is 0 Å². The second-order valence-corrected chi connectivity index (χ2v) is 17.8. The molecule has 2 aromatic heterocycles. The first-order valence-electron chi connectivity index (χ1n) is 23.0. The maximum Gasteiger partial charge on any atom is 0.0541 e. The van der Waals surface area contributed by atoms with E-state index in [1.165, 1.54) is 87.5 Å². The van der Waals surface area contributed by atoms with Crippen molar-refractivity contribution in [1.82, 2.24) is 9.13 Å². The van der Waals surface area contributed by atoms with Crippen molar-refractivity contribution < 1.29 is 0 Å². The van der Waals surface area contributed by atoms with Crippen molar-refractivity contribution in [2.45, 2.75) is 12.8 Å². The summed E-state index contributed by atoms with van der Waals surface area (Å²) >= 11 is 0. The predicted molar refractivity (Wildman–Crippen MR) is 280 cm³/mol. The lowest BCUT2D eigenvalue weighted by molar-refractivity contribution is 0.636. The molecule has 10 aromatic carbocycles. The maximum absolute atomic E-state index is 2.47. The number of aromatic nitrogens is 2. The first-order chi connectivity index (χ1) is 32.6. The molecule has 0 radical (unpaired) electrons. The van der Waals surface area contributed by atoms with E-state index in [1.54, 1.807) is 0 Å². The number of fused-ring (bicyclic) bond motifs is 9. The third kappa shape index (κ3) is 6.19. The lowest BCUT2D eigenvalue weighted by atomic mass is 9.84. The van der Waals surface area contributed by atoms with Gasteiger partial charge in [0.2, 0.25) is 0 Å². The average molecular weight is 844 g/mol. The van der Waals surface area contributed by atoms with E-state index in [0.717, 1.165) is 22.7 Å². The van der Waals surface area contributed by atoms with Crippen molar-refractivity contribution in [1.29, 1.82) is 0 Å². The van der Waals surface area contributed by atoms with E-state index < -0.39 is 0 Å². The van der Waals surface area contributed by atoms with Gasteiger partial charge in [0.25, 0.3) is 0 Å². The Balaban J connectivity index is 0.950. The summed E-state index contributed by atoms with van der Waals surface area (Å²) in [6, 6.07) is 80.4. The smallest absolute Gasteiger partial charge is 0.0541 e. The first-order valence-corrected chi connectivity index (χ1v) is 23.0. The van der Waals surface area contributed by atoms with Crippen LogP contribution < -0.4 is 4.90 Å². The molecule has 2 heterocycles. The van der Waals surface area contributed by atoms with Crippen molar-refractivity contribution >= 4 is 82.2 Å². The normalized spacial score (nSPS) is 14.9. The fourth-order valence-electron chi connectivity index (χ4n) is 10.8. The highest BCUT2D eigenvalue weighted by atomic mass is 15.1. The number of allylic oxidation sites excluding steroid dienone is 4. The van der Waals surface area contributed by atoms with E-state index in [1.807, 2.05) is 0 Å². The van der Waals surface area contributed by atoms with Crippen LogP contribution in [0.1, 0.15) is 18.4 Å². The summed E-state index contributed by atoms with van der Waals surface area (Å²) in [6.45, 7) is 2.32. The molecule has 312 valence electrons. The number of anilines is 3. The third-order valence-electron chi connectivity index (χ3n) is 14.0. The zero-order chi connectivity index (χ0) is 43.7. The Morgan fingerprint density at radius 3 is 1.56 bits per heavy atom. The summed E-state index contributed by atoms with van der Waals surface area (Å²) < 4.78 is 4.86. The van der Waals surface area contributed by atoms with Gasteiger partial charge in [-0.3, -0.25) is 0 Å². The highest BCUT2D eigenvalue weighted by Gasteiger charge is 2.21. The van der Waals surface area contributed by atoms with Crippen molar-refractivity contribution in [2.24, 2.45) is 5.92 Å². The molecule has 12 aromatic rings. The van der Waals surface area contributed by atoms with E-state index in [2.05, 4.69) is 264 Å². The monoisotopic (exact) mass is 843 g/mol. The van der Waals surface area contributed by atoms with Gasteiger partial charge in [0.15, 0.2) is 0 Å². The largest absolute Gasteiger partial charge is 0.310 e. The third-order valence-corrected chi connectivity index (χ3v) is 14.0. The minimum Gasteiger partial charge on any atom is -0.310 e. The predicted octanol–water partition coefficient (Wildman–Crippen LogP) is 17.2. The number of rotatable bonds is 7. The molecule has 1 aliphatic rings. The van der Waals surface area contributed by atoms with Crippen LogP contribution in [0.25, 0.3) is 87.7 Å². The molecule has 66 heavy (non-hydrogen) atoms. The Hall–Kier alpha value is -8.40. The van der Waals surface area contributed by atoms with Crippen molar-refractivity contribution in [2.75, 3.05) is 4.90 Å². The SMILES string of the molecule is CC1C=CC=CC1c1ccc2c(c1)c1cc(-c3ccc4c(c3)c3ccccc3n4-c3ccccc3)ccc1n2-c1ccc2c(ccc3cc(N(c4ccccc4)c4ccccc4)ccc32)c1. The van der Waals surface area contributed by atoms with Crippen LogP contribution in [-0.4, -0.2) is 9.13 Å². The molecule has 0 aliphatic heterocycles. The van der Waals surface area contributed by atoms with Gasteiger partial charge in [-0.25, -0.2) is 0 Å². The van der Waals surface area contributed by atoms with Gasteiger partial charge in [-0.2, -0.15) is 0 Å². The fraction of sp³-hybridized carbons (Fsp3) is 0.0476. The summed E-state index contributed by atoms with van der Waals surface area (Å²) in [5, 5.41) is 9.96. The van der Waals surface area contributed by atoms with Crippen molar-refractivity contribution in [3.63, 3.8) is 0 Å². The quantitative estimate of drug-likeness (QED) is 0.146. The number of hydrogen-bond acceptors (Lipinski definition) is 1. The lowest BCUT2D eigenvalue weighted by Gasteiger charge is -2.25. The minimum atomic E-state index is 0.326. The summed E-state index contributed by atoms with van der Waals surface area (Å²) in [4.78, 5) is 2.33. The van der Waals surface area contributed by atoms with Crippen LogP contribution in [0.5, 0.6) is 0 Å². The van der Waals surface area contributed by atoms with Crippen molar-refractivity contribution in [3.05, 3.63) is 248 Å².